The summed E-state index contributed by atoms with van der Waals surface area (Å²) >= 11 is 0. The van der Waals surface area contributed by atoms with E-state index in [0.29, 0.717) is 11.3 Å². The summed E-state index contributed by atoms with van der Waals surface area (Å²) in [6.07, 6.45) is 3.13. The van der Waals surface area contributed by atoms with Crippen LogP contribution in [-0.4, -0.2) is 24.8 Å². The first-order valence-electron chi connectivity index (χ1n) is 7.26. The van der Waals surface area contributed by atoms with E-state index in [0.717, 1.165) is 37.9 Å². The third kappa shape index (κ3) is 3.23. The van der Waals surface area contributed by atoms with Crippen LogP contribution < -0.4 is 15.8 Å². The van der Waals surface area contributed by atoms with Gasteiger partial charge < -0.3 is 15.8 Å². The van der Waals surface area contributed by atoms with Gasteiger partial charge in [0.1, 0.15) is 5.75 Å². The number of alkyl halides is 2. The Morgan fingerprint density at radius 1 is 1.45 bits per heavy atom. The SMILES string of the molecule is NC(=O)c1ccc(CC2CC3(CNC3)C2)cc1OC(F)(F)P. The van der Waals surface area contributed by atoms with Gasteiger partial charge in [-0.05, 0) is 57.5 Å². The van der Waals surface area contributed by atoms with Crippen LogP contribution in [0.3, 0.4) is 0 Å². The molecule has 1 unspecified atom stereocenters. The predicted molar refractivity (Wildman–Crippen MR) is 82.0 cm³/mol. The molecule has 1 aromatic rings. The topological polar surface area (TPSA) is 64.4 Å². The lowest BCUT2D eigenvalue weighted by Crippen LogP contribution is -2.60. The van der Waals surface area contributed by atoms with Crippen LogP contribution in [-0.2, 0) is 6.42 Å². The van der Waals surface area contributed by atoms with Gasteiger partial charge in [-0.25, -0.2) is 0 Å². The van der Waals surface area contributed by atoms with Gasteiger partial charge in [0.2, 0.25) is 0 Å². The van der Waals surface area contributed by atoms with Gasteiger partial charge in [0.05, 0.1) is 5.56 Å². The maximum absolute atomic E-state index is 13.1. The summed E-state index contributed by atoms with van der Waals surface area (Å²) in [4.78, 5) is 11.3. The zero-order valence-corrected chi connectivity index (χ0v) is 13.2. The van der Waals surface area contributed by atoms with Crippen LogP contribution in [0, 0.1) is 11.3 Å². The molecule has 1 saturated heterocycles. The lowest BCUT2D eigenvalue weighted by atomic mass is 9.57. The van der Waals surface area contributed by atoms with Crippen molar-refractivity contribution in [2.45, 2.75) is 25.1 Å². The highest BCUT2D eigenvalue weighted by molar-refractivity contribution is 7.17. The fourth-order valence-electron chi connectivity index (χ4n) is 3.54. The molecule has 2 fully saturated rings. The van der Waals surface area contributed by atoms with Crippen LogP contribution in [0.1, 0.15) is 28.8 Å². The number of halogens is 2. The standard InChI is InChI=1S/C15H19F2N2O2P/c16-15(17,22)21-12-4-9(1-2-11(12)13(18)20)3-10-5-14(6-10)7-19-8-14/h1-2,4,10,19H,3,5-8,22H2,(H2,18,20). The van der Waals surface area contributed by atoms with Gasteiger partial charge in [-0.2, -0.15) is 8.78 Å². The molecular weight excluding hydrogens is 309 g/mol. The minimum absolute atomic E-state index is 0.0286. The molecule has 1 aliphatic carbocycles. The van der Waals surface area contributed by atoms with Gasteiger partial charge in [0, 0.05) is 13.1 Å². The van der Waals surface area contributed by atoms with Crippen molar-refractivity contribution in [2.75, 3.05) is 13.1 Å². The molecule has 1 spiro atoms. The van der Waals surface area contributed by atoms with Crippen molar-refractivity contribution in [3.63, 3.8) is 0 Å². The number of primary amides is 1. The number of nitrogens with one attached hydrogen (secondary N) is 1. The predicted octanol–water partition coefficient (Wildman–Crippen LogP) is 2.13. The number of hydrogen-bond acceptors (Lipinski definition) is 3. The van der Waals surface area contributed by atoms with E-state index >= 15 is 0 Å². The van der Waals surface area contributed by atoms with Gasteiger partial charge in [-0.15, -0.1) is 0 Å². The molecule has 1 amide bonds. The van der Waals surface area contributed by atoms with Crippen LogP contribution in [0.5, 0.6) is 5.75 Å². The fourth-order valence-corrected chi connectivity index (χ4v) is 3.67. The Balaban J connectivity index is 1.72. The molecule has 3 rings (SSSR count). The molecule has 2 aliphatic rings. The number of carbonyl (C=O) groups is 1. The molecular formula is C15H19F2N2O2P. The number of carbonyl (C=O) groups excluding carboxylic acids is 1. The van der Waals surface area contributed by atoms with E-state index in [1.165, 1.54) is 21.4 Å². The largest absolute Gasteiger partial charge is 0.429 e. The first-order chi connectivity index (χ1) is 10.3. The second kappa shape index (κ2) is 5.43. The molecule has 0 aromatic heterocycles. The second-order valence-electron chi connectivity index (χ2n) is 6.44. The molecule has 1 aromatic carbocycles. The van der Waals surface area contributed by atoms with Crippen molar-refractivity contribution in [1.29, 1.82) is 0 Å². The van der Waals surface area contributed by atoms with Gasteiger partial charge in [0.25, 0.3) is 5.91 Å². The summed E-state index contributed by atoms with van der Waals surface area (Å²) in [5.74, 6) is -3.81. The van der Waals surface area contributed by atoms with Crippen molar-refractivity contribution in [3.05, 3.63) is 29.3 Å². The summed E-state index contributed by atoms with van der Waals surface area (Å²) in [7, 11) is 1.30. The number of hydrogen-bond donors (Lipinski definition) is 2. The zero-order valence-electron chi connectivity index (χ0n) is 12.1. The van der Waals surface area contributed by atoms with Crippen molar-refractivity contribution in [2.24, 2.45) is 17.1 Å². The Bertz CT molecular complexity index is 592. The van der Waals surface area contributed by atoms with Crippen LogP contribution >= 0.6 is 9.24 Å². The van der Waals surface area contributed by atoms with Gasteiger partial charge in [0.15, 0.2) is 0 Å². The van der Waals surface area contributed by atoms with Crippen LogP contribution in [0.2, 0.25) is 0 Å². The molecule has 3 N–H and O–H groups in total. The molecule has 1 saturated carbocycles. The quantitative estimate of drug-likeness (QED) is 0.814. The molecule has 4 nitrogen and oxygen atoms in total. The zero-order chi connectivity index (χ0) is 16.0. The highest BCUT2D eigenvalue weighted by atomic mass is 31.0. The maximum atomic E-state index is 13.1. The molecule has 22 heavy (non-hydrogen) atoms. The number of ether oxygens (including phenoxy) is 1. The maximum Gasteiger partial charge on any atom is 0.408 e. The summed E-state index contributed by atoms with van der Waals surface area (Å²) in [6.45, 7) is 2.16. The minimum Gasteiger partial charge on any atom is -0.429 e. The van der Waals surface area contributed by atoms with Crippen LogP contribution in [0.25, 0.3) is 0 Å². The van der Waals surface area contributed by atoms with Crippen LogP contribution in [0.15, 0.2) is 18.2 Å². The summed E-state index contributed by atoms with van der Waals surface area (Å²) < 4.78 is 30.7. The Hall–Kier alpha value is -1.26. The summed E-state index contributed by atoms with van der Waals surface area (Å²) in [5.41, 5.74) is 6.54. The number of amides is 1. The van der Waals surface area contributed by atoms with Gasteiger partial charge >= 0.3 is 5.85 Å². The molecule has 1 atom stereocenters. The highest BCUT2D eigenvalue weighted by Crippen LogP contribution is 2.49. The smallest absolute Gasteiger partial charge is 0.408 e. The Morgan fingerprint density at radius 3 is 2.64 bits per heavy atom. The monoisotopic (exact) mass is 328 g/mol. The van der Waals surface area contributed by atoms with E-state index in [1.807, 2.05) is 0 Å². The third-order valence-corrected chi connectivity index (χ3v) is 4.64. The molecule has 0 radical (unpaired) electrons. The van der Waals surface area contributed by atoms with Crippen molar-refractivity contribution < 1.29 is 18.3 Å². The number of nitrogens with two attached hydrogens (primary N) is 1. The van der Waals surface area contributed by atoms with Gasteiger partial charge in [-0.1, -0.05) is 6.07 Å². The Kier molecular flexibility index (Phi) is 3.86. The van der Waals surface area contributed by atoms with E-state index in [9.17, 15) is 13.6 Å². The van der Waals surface area contributed by atoms with E-state index in [1.54, 1.807) is 6.07 Å². The van der Waals surface area contributed by atoms with E-state index < -0.39 is 11.8 Å². The Labute approximate surface area is 130 Å². The lowest BCUT2D eigenvalue weighted by molar-refractivity contribution is -0.0894. The average molecular weight is 328 g/mol. The van der Waals surface area contributed by atoms with E-state index in [2.05, 4.69) is 10.1 Å². The molecule has 1 heterocycles. The molecule has 0 bridgehead atoms. The second-order valence-corrected chi connectivity index (χ2v) is 7.11. The van der Waals surface area contributed by atoms with E-state index in [-0.39, 0.29) is 11.3 Å². The Morgan fingerprint density at radius 2 is 2.14 bits per heavy atom. The first-order valence-corrected chi connectivity index (χ1v) is 7.83. The molecule has 7 heteroatoms. The number of benzene rings is 1. The lowest BCUT2D eigenvalue weighted by Gasteiger charge is -2.54. The van der Waals surface area contributed by atoms with Crippen LogP contribution in [0.4, 0.5) is 8.78 Å². The third-order valence-electron chi connectivity index (χ3n) is 4.53. The normalized spacial score (nSPS) is 20.3. The van der Waals surface area contributed by atoms with Crippen molar-refractivity contribution in [1.82, 2.24) is 5.32 Å². The minimum atomic E-state index is -3.43. The average Bonchev–Trinajstić information content (AvgIpc) is 2.28. The number of rotatable bonds is 5. The summed E-state index contributed by atoms with van der Waals surface area (Å²) in [5, 5.41) is 3.29. The highest BCUT2D eigenvalue weighted by Gasteiger charge is 2.47. The first kappa shape index (κ1) is 15.6. The molecule has 1 aliphatic heterocycles. The fraction of sp³-hybridized carbons (Fsp3) is 0.533. The molecule has 120 valence electrons. The summed E-state index contributed by atoms with van der Waals surface area (Å²) in [6, 6.07) is 4.72. The van der Waals surface area contributed by atoms with Crippen molar-refractivity contribution >= 4 is 15.1 Å². The van der Waals surface area contributed by atoms with E-state index in [4.69, 9.17) is 5.73 Å². The van der Waals surface area contributed by atoms with Gasteiger partial charge in [-0.3, -0.25) is 4.79 Å². The van der Waals surface area contributed by atoms with Crippen molar-refractivity contribution in [3.8, 4) is 5.75 Å².